The minimum atomic E-state index is 0.519. The zero-order chi connectivity index (χ0) is 15.4. The van der Waals surface area contributed by atoms with Crippen molar-refractivity contribution in [3.8, 4) is 0 Å². The Labute approximate surface area is 142 Å². The minimum absolute atomic E-state index is 0.519. The summed E-state index contributed by atoms with van der Waals surface area (Å²) in [7, 11) is 0. The smallest absolute Gasteiger partial charge is 0.185 e. The molecule has 5 rings (SSSR count). The number of nitrogens with one attached hydrogen (secondary N) is 1. The second-order valence-electron chi connectivity index (χ2n) is 8.01. The van der Waals surface area contributed by atoms with E-state index in [1.165, 1.54) is 43.7 Å². The average Bonchev–Trinajstić information content (AvgIpc) is 3.12. The van der Waals surface area contributed by atoms with Crippen molar-refractivity contribution in [1.29, 1.82) is 0 Å². The van der Waals surface area contributed by atoms with Gasteiger partial charge in [-0.25, -0.2) is 4.98 Å². The van der Waals surface area contributed by atoms with Crippen molar-refractivity contribution in [2.24, 2.45) is 11.3 Å². The SMILES string of the molecule is Cc1csc(N2CCC(N[C@@H]3[C@H]4CCO[C@@H]4C34CCC4)CC2)n1. The van der Waals surface area contributed by atoms with Gasteiger partial charge in [0, 0.05) is 48.5 Å². The van der Waals surface area contributed by atoms with Gasteiger partial charge in [0.05, 0.1) is 11.8 Å². The molecule has 0 aromatic carbocycles. The van der Waals surface area contributed by atoms with Gasteiger partial charge in [0.15, 0.2) is 5.13 Å². The molecule has 4 aliphatic rings. The van der Waals surface area contributed by atoms with Crippen LogP contribution in [0.2, 0.25) is 0 Å². The number of piperidine rings is 1. The monoisotopic (exact) mass is 333 g/mol. The molecule has 1 N–H and O–H groups in total. The summed E-state index contributed by atoms with van der Waals surface area (Å²) in [6.45, 7) is 5.38. The Morgan fingerprint density at radius 3 is 2.78 bits per heavy atom. The molecule has 0 amide bonds. The van der Waals surface area contributed by atoms with Crippen molar-refractivity contribution in [1.82, 2.24) is 10.3 Å². The summed E-state index contributed by atoms with van der Waals surface area (Å²) < 4.78 is 6.05. The van der Waals surface area contributed by atoms with E-state index in [0.29, 0.717) is 17.6 Å². The molecule has 2 aliphatic carbocycles. The molecule has 4 fully saturated rings. The highest BCUT2D eigenvalue weighted by Crippen LogP contribution is 2.63. The summed E-state index contributed by atoms with van der Waals surface area (Å²) >= 11 is 1.79. The first-order valence-electron chi connectivity index (χ1n) is 9.31. The number of nitrogens with zero attached hydrogens (tertiary/aromatic N) is 2. The van der Waals surface area contributed by atoms with Crippen molar-refractivity contribution in [2.75, 3.05) is 24.6 Å². The van der Waals surface area contributed by atoms with Crippen LogP contribution < -0.4 is 10.2 Å². The quantitative estimate of drug-likeness (QED) is 0.923. The zero-order valence-electron chi connectivity index (χ0n) is 14.0. The molecular weight excluding hydrogens is 306 g/mol. The summed E-state index contributed by atoms with van der Waals surface area (Å²) in [5.41, 5.74) is 1.67. The average molecular weight is 334 g/mol. The summed E-state index contributed by atoms with van der Waals surface area (Å²) in [5, 5.41) is 7.45. The van der Waals surface area contributed by atoms with Crippen LogP contribution in [0.3, 0.4) is 0 Å². The van der Waals surface area contributed by atoms with Gasteiger partial charge in [0.1, 0.15) is 0 Å². The summed E-state index contributed by atoms with van der Waals surface area (Å²) in [4.78, 5) is 7.11. The van der Waals surface area contributed by atoms with Crippen molar-refractivity contribution in [3.05, 3.63) is 11.1 Å². The maximum absolute atomic E-state index is 6.05. The van der Waals surface area contributed by atoms with E-state index in [4.69, 9.17) is 4.74 Å². The van der Waals surface area contributed by atoms with E-state index in [0.717, 1.165) is 37.4 Å². The molecule has 3 atom stereocenters. The third-order valence-corrected chi connectivity index (χ3v) is 7.84. The van der Waals surface area contributed by atoms with Crippen LogP contribution in [0, 0.1) is 18.3 Å². The second kappa shape index (κ2) is 5.43. The lowest BCUT2D eigenvalue weighted by atomic mass is 9.46. The molecule has 1 aromatic rings. The number of anilines is 1. The van der Waals surface area contributed by atoms with Gasteiger partial charge < -0.3 is 15.0 Å². The number of hydrogen-bond acceptors (Lipinski definition) is 5. The molecule has 3 heterocycles. The Morgan fingerprint density at radius 2 is 2.13 bits per heavy atom. The van der Waals surface area contributed by atoms with Gasteiger partial charge in [0.25, 0.3) is 0 Å². The van der Waals surface area contributed by atoms with Crippen molar-refractivity contribution in [3.63, 3.8) is 0 Å². The molecule has 126 valence electrons. The summed E-state index contributed by atoms with van der Waals surface area (Å²) in [6.07, 6.45) is 8.57. The highest BCUT2D eigenvalue weighted by molar-refractivity contribution is 7.13. The van der Waals surface area contributed by atoms with Crippen LogP contribution in [-0.4, -0.2) is 42.9 Å². The number of rotatable bonds is 3. The molecule has 0 radical (unpaired) electrons. The molecule has 2 aliphatic heterocycles. The Morgan fingerprint density at radius 1 is 1.30 bits per heavy atom. The van der Waals surface area contributed by atoms with Gasteiger partial charge in [-0.15, -0.1) is 11.3 Å². The minimum Gasteiger partial charge on any atom is -0.377 e. The molecule has 1 spiro atoms. The van der Waals surface area contributed by atoms with E-state index in [1.54, 1.807) is 11.3 Å². The molecule has 0 unspecified atom stereocenters. The molecule has 2 saturated heterocycles. The number of hydrogen-bond donors (Lipinski definition) is 1. The largest absolute Gasteiger partial charge is 0.377 e. The van der Waals surface area contributed by atoms with Gasteiger partial charge in [-0.2, -0.15) is 0 Å². The fraction of sp³-hybridized carbons (Fsp3) is 0.833. The maximum atomic E-state index is 6.05. The van der Waals surface area contributed by atoms with Crippen molar-refractivity contribution >= 4 is 16.5 Å². The van der Waals surface area contributed by atoms with Crippen LogP contribution in [0.25, 0.3) is 0 Å². The predicted molar refractivity (Wildman–Crippen MR) is 93.1 cm³/mol. The standard InChI is InChI=1S/C18H27N3OS/c1-12-11-23-17(19-12)21-8-3-13(4-9-21)20-15-14-5-10-22-16(14)18(15)6-2-7-18/h11,13-16,20H,2-10H2,1H3/t14-,15-,16+/m1/s1. The third kappa shape index (κ3) is 2.19. The van der Waals surface area contributed by atoms with E-state index in [2.05, 4.69) is 27.5 Å². The Balaban J connectivity index is 1.20. The maximum Gasteiger partial charge on any atom is 0.185 e. The lowest BCUT2D eigenvalue weighted by molar-refractivity contribution is -0.178. The first kappa shape index (κ1) is 14.7. The molecule has 23 heavy (non-hydrogen) atoms. The van der Waals surface area contributed by atoms with Gasteiger partial charge in [-0.1, -0.05) is 6.42 Å². The van der Waals surface area contributed by atoms with Gasteiger partial charge >= 0.3 is 0 Å². The van der Waals surface area contributed by atoms with Crippen LogP contribution in [0.4, 0.5) is 5.13 Å². The van der Waals surface area contributed by atoms with Crippen LogP contribution in [0.15, 0.2) is 5.38 Å². The van der Waals surface area contributed by atoms with Gasteiger partial charge in [0.2, 0.25) is 0 Å². The van der Waals surface area contributed by atoms with E-state index in [9.17, 15) is 0 Å². The first-order chi connectivity index (χ1) is 11.3. The predicted octanol–water partition coefficient (Wildman–Crippen LogP) is 2.97. The van der Waals surface area contributed by atoms with E-state index < -0.39 is 0 Å². The van der Waals surface area contributed by atoms with Crippen molar-refractivity contribution < 1.29 is 4.74 Å². The van der Waals surface area contributed by atoms with Crippen LogP contribution in [0.5, 0.6) is 0 Å². The Hall–Kier alpha value is -0.650. The van der Waals surface area contributed by atoms with Gasteiger partial charge in [-0.3, -0.25) is 0 Å². The first-order valence-corrected chi connectivity index (χ1v) is 10.2. The number of thiazole rings is 1. The molecule has 1 aromatic heterocycles. The lowest BCUT2D eigenvalue weighted by Crippen LogP contribution is -2.72. The van der Waals surface area contributed by atoms with Crippen LogP contribution >= 0.6 is 11.3 Å². The lowest BCUT2D eigenvalue weighted by Gasteiger charge is -2.64. The van der Waals surface area contributed by atoms with E-state index in [1.807, 2.05) is 0 Å². The van der Waals surface area contributed by atoms with E-state index >= 15 is 0 Å². The molecular formula is C18H27N3OS. The van der Waals surface area contributed by atoms with Crippen molar-refractivity contribution in [2.45, 2.75) is 63.6 Å². The fourth-order valence-corrected chi connectivity index (χ4v) is 6.33. The van der Waals surface area contributed by atoms with E-state index in [-0.39, 0.29) is 0 Å². The Kier molecular flexibility index (Phi) is 3.46. The topological polar surface area (TPSA) is 37.4 Å². The Bertz CT molecular complexity index is 577. The highest BCUT2D eigenvalue weighted by atomic mass is 32.1. The molecule has 0 bridgehead atoms. The molecule has 2 saturated carbocycles. The molecule has 4 nitrogen and oxygen atoms in total. The normalized spacial score (nSPS) is 35.9. The van der Waals surface area contributed by atoms with Crippen LogP contribution in [-0.2, 0) is 4.74 Å². The van der Waals surface area contributed by atoms with Crippen LogP contribution in [0.1, 0.15) is 44.2 Å². The number of ether oxygens (including phenoxy) is 1. The van der Waals surface area contributed by atoms with Gasteiger partial charge in [-0.05, 0) is 39.0 Å². The number of aromatic nitrogens is 1. The summed E-state index contributed by atoms with van der Waals surface area (Å²) in [5.74, 6) is 0.801. The number of aryl methyl sites for hydroxylation is 1. The summed E-state index contributed by atoms with van der Waals surface area (Å²) in [6, 6.07) is 1.43. The number of fused-ring (bicyclic) bond motifs is 2. The highest BCUT2D eigenvalue weighted by Gasteiger charge is 2.66. The fourth-order valence-electron chi connectivity index (χ4n) is 5.47. The third-order valence-electron chi connectivity index (χ3n) is 6.82. The second-order valence-corrected chi connectivity index (χ2v) is 8.84. The zero-order valence-corrected chi connectivity index (χ0v) is 14.8. The molecule has 5 heteroatoms.